The van der Waals surface area contributed by atoms with Crippen LogP contribution < -0.4 is 10.6 Å². The van der Waals surface area contributed by atoms with Gasteiger partial charge in [0.15, 0.2) is 0 Å². The number of carbonyl (C=O) groups is 2. The van der Waals surface area contributed by atoms with Crippen LogP contribution in [-0.4, -0.2) is 81.0 Å². The highest BCUT2D eigenvalue weighted by Gasteiger charge is 2.53. The summed E-state index contributed by atoms with van der Waals surface area (Å²) in [7, 11) is -3.33. The lowest BCUT2D eigenvalue weighted by Gasteiger charge is -2.32. The highest BCUT2D eigenvalue weighted by atomic mass is 32.2. The van der Waals surface area contributed by atoms with Crippen LogP contribution in [0.4, 0.5) is 0 Å². The highest BCUT2D eigenvalue weighted by Crippen LogP contribution is 2.40. The number of piperidine rings is 1. The average Bonchev–Trinajstić information content (AvgIpc) is 3.34. The van der Waals surface area contributed by atoms with Crippen LogP contribution in [0.5, 0.6) is 0 Å². The maximum Gasteiger partial charge on any atom is 0.242 e. The molecule has 0 radical (unpaired) electrons. The first-order chi connectivity index (χ1) is 15.2. The van der Waals surface area contributed by atoms with E-state index in [2.05, 4.69) is 45.9 Å². The van der Waals surface area contributed by atoms with Gasteiger partial charge in [-0.2, -0.15) is 0 Å². The Bertz CT molecular complexity index is 931. The zero-order valence-electron chi connectivity index (χ0n) is 18.8. The van der Waals surface area contributed by atoms with Gasteiger partial charge < -0.3 is 15.5 Å². The summed E-state index contributed by atoms with van der Waals surface area (Å²) in [6.07, 6.45) is 5.45. The van der Waals surface area contributed by atoms with E-state index in [9.17, 15) is 18.0 Å². The Kier molecular flexibility index (Phi) is 6.88. The fraction of sp³-hybridized carbons (Fsp3) is 0.652. The Labute approximate surface area is 190 Å². The fourth-order valence-electron chi connectivity index (χ4n) is 5.30. The molecule has 2 amide bonds. The second kappa shape index (κ2) is 9.49. The van der Waals surface area contributed by atoms with Crippen molar-refractivity contribution in [2.24, 2.45) is 11.3 Å². The number of carbonyl (C=O) groups excluding carboxylic acids is 2. The topological polar surface area (TPSA) is 98.8 Å². The van der Waals surface area contributed by atoms with Crippen molar-refractivity contribution in [1.29, 1.82) is 0 Å². The molecule has 0 saturated carbocycles. The quantitative estimate of drug-likeness (QED) is 0.618. The average molecular weight is 463 g/mol. The number of amides is 2. The third-order valence-electron chi connectivity index (χ3n) is 7.29. The van der Waals surface area contributed by atoms with E-state index in [-0.39, 0.29) is 18.4 Å². The molecule has 1 spiro atoms. The zero-order chi connectivity index (χ0) is 22.8. The molecule has 176 valence electrons. The Balaban J connectivity index is 1.17. The van der Waals surface area contributed by atoms with E-state index in [4.69, 9.17) is 0 Å². The number of rotatable bonds is 7. The van der Waals surface area contributed by atoms with Gasteiger partial charge in [-0.1, -0.05) is 30.3 Å². The molecule has 0 aliphatic carbocycles. The second-order valence-corrected chi connectivity index (χ2v) is 11.6. The SMILES string of the molecule is CS(=O)(=O)N1CC[C@@]2(C[C@@H](C(=O)NCCN3CCC(Cc4ccccc4)CC3)NC2=O)C1. The van der Waals surface area contributed by atoms with Crippen LogP contribution in [0.2, 0.25) is 0 Å². The van der Waals surface area contributed by atoms with Crippen molar-refractivity contribution in [2.75, 3.05) is 45.5 Å². The van der Waals surface area contributed by atoms with E-state index < -0.39 is 21.5 Å². The van der Waals surface area contributed by atoms with Gasteiger partial charge in [0.25, 0.3) is 0 Å². The fourth-order valence-corrected chi connectivity index (χ4v) is 6.20. The molecule has 1 aromatic rings. The van der Waals surface area contributed by atoms with Crippen molar-refractivity contribution in [3.8, 4) is 0 Å². The Morgan fingerprint density at radius 2 is 1.91 bits per heavy atom. The van der Waals surface area contributed by atoms with Gasteiger partial charge in [0.1, 0.15) is 6.04 Å². The lowest BCUT2D eigenvalue weighted by molar-refractivity contribution is -0.128. The maximum atomic E-state index is 12.6. The van der Waals surface area contributed by atoms with Crippen LogP contribution in [0.1, 0.15) is 31.2 Å². The van der Waals surface area contributed by atoms with Gasteiger partial charge in [-0.3, -0.25) is 9.59 Å². The summed E-state index contributed by atoms with van der Waals surface area (Å²) in [5, 5.41) is 5.75. The van der Waals surface area contributed by atoms with Crippen molar-refractivity contribution < 1.29 is 18.0 Å². The number of sulfonamides is 1. The first kappa shape index (κ1) is 23.2. The molecule has 3 saturated heterocycles. The monoisotopic (exact) mass is 462 g/mol. The Morgan fingerprint density at radius 3 is 2.56 bits per heavy atom. The molecule has 2 atom stereocenters. The van der Waals surface area contributed by atoms with Crippen LogP contribution >= 0.6 is 0 Å². The minimum absolute atomic E-state index is 0.166. The number of nitrogens with zero attached hydrogens (tertiary/aromatic N) is 2. The molecule has 4 rings (SSSR count). The molecule has 0 bridgehead atoms. The van der Waals surface area contributed by atoms with Crippen molar-refractivity contribution in [3.05, 3.63) is 35.9 Å². The minimum atomic E-state index is -3.33. The predicted molar refractivity (Wildman–Crippen MR) is 122 cm³/mol. The minimum Gasteiger partial charge on any atom is -0.353 e. The molecule has 0 unspecified atom stereocenters. The molecular weight excluding hydrogens is 428 g/mol. The summed E-state index contributed by atoms with van der Waals surface area (Å²) in [5.74, 6) is 0.335. The third-order valence-corrected chi connectivity index (χ3v) is 8.54. The first-order valence-corrected chi connectivity index (χ1v) is 13.4. The van der Waals surface area contributed by atoms with E-state index >= 15 is 0 Å². The molecule has 0 aromatic heterocycles. The maximum absolute atomic E-state index is 12.6. The molecule has 3 aliphatic rings. The summed E-state index contributed by atoms with van der Waals surface area (Å²) >= 11 is 0. The van der Waals surface area contributed by atoms with Gasteiger partial charge in [-0.25, -0.2) is 12.7 Å². The standard InChI is InChI=1S/C23H34N4O4S/c1-32(30,31)27-13-9-23(17-27)16-20(25-22(23)29)21(28)24-10-14-26-11-7-19(8-12-26)15-18-5-3-2-4-6-18/h2-6,19-20H,7-17H2,1H3,(H,24,28)(H,25,29)/t20-,23+/m0/s1. The molecule has 3 heterocycles. The second-order valence-electron chi connectivity index (χ2n) is 9.62. The van der Waals surface area contributed by atoms with Crippen molar-refractivity contribution in [1.82, 2.24) is 19.8 Å². The first-order valence-electron chi connectivity index (χ1n) is 11.6. The van der Waals surface area contributed by atoms with E-state index in [0.717, 1.165) is 32.3 Å². The largest absolute Gasteiger partial charge is 0.353 e. The van der Waals surface area contributed by atoms with Crippen molar-refractivity contribution >= 4 is 21.8 Å². The number of hydrogen-bond donors (Lipinski definition) is 2. The predicted octanol–water partition coefficient (Wildman–Crippen LogP) is 0.598. The smallest absolute Gasteiger partial charge is 0.242 e. The summed E-state index contributed by atoms with van der Waals surface area (Å²) in [6.45, 7) is 3.94. The van der Waals surface area contributed by atoms with Gasteiger partial charge in [0.05, 0.1) is 11.7 Å². The lowest BCUT2D eigenvalue weighted by atomic mass is 9.84. The van der Waals surface area contributed by atoms with Crippen molar-refractivity contribution in [3.63, 3.8) is 0 Å². The molecule has 3 fully saturated rings. The molecule has 2 N–H and O–H groups in total. The number of hydrogen-bond acceptors (Lipinski definition) is 5. The molecule has 3 aliphatic heterocycles. The van der Waals surface area contributed by atoms with Crippen LogP contribution in [0.3, 0.4) is 0 Å². The number of nitrogens with one attached hydrogen (secondary N) is 2. The van der Waals surface area contributed by atoms with E-state index in [0.29, 0.717) is 31.8 Å². The molecule has 8 nitrogen and oxygen atoms in total. The Morgan fingerprint density at radius 1 is 1.19 bits per heavy atom. The summed E-state index contributed by atoms with van der Waals surface area (Å²) in [6, 6.07) is 10.0. The molecular formula is C23H34N4O4S. The lowest BCUT2D eigenvalue weighted by Crippen LogP contribution is -2.45. The summed E-state index contributed by atoms with van der Waals surface area (Å²) < 4.78 is 25.0. The van der Waals surface area contributed by atoms with E-state index in [1.165, 1.54) is 22.7 Å². The number of benzene rings is 1. The van der Waals surface area contributed by atoms with Crippen molar-refractivity contribution in [2.45, 2.75) is 38.1 Å². The van der Waals surface area contributed by atoms with Crippen LogP contribution in [0.15, 0.2) is 30.3 Å². The van der Waals surface area contributed by atoms with E-state index in [1.807, 2.05) is 0 Å². The summed E-state index contributed by atoms with van der Waals surface area (Å²) in [5.41, 5.74) is 0.627. The van der Waals surface area contributed by atoms with Crippen LogP contribution in [0, 0.1) is 11.3 Å². The Hall–Kier alpha value is -1.97. The summed E-state index contributed by atoms with van der Waals surface area (Å²) in [4.78, 5) is 27.6. The molecule has 1 aromatic carbocycles. The zero-order valence-corrected chi connectivity index (χ0v) is 19.6. The van der Waals surface area contributed by atoms with Gasteiger partial charge in [0, 0.05) is 26.2 Å². The van der Waals surface area contributed by atoms with Crippen LogP contribution in [-0.2, 0) is 26.0 Å². The van der Waals surface area contributed by atoms with Gasteiger partial charge in [-0.05, 0) is 56.7 Å². The highest BCUT2D eigenvalue weighted by molar-refractivity contribution is 7.88. The van der Waals surface area contributed by atoms with Gasteiger partial charge in [-0.15, -0.1) is 0 Å². The number of likely N-dealkylation sites (tertiary alicyclic amines) is 1. The van der Waals surface area contributed by atoms with Crippen LogP contribution in [0.25, 0.3) is 0 Å². The van der Waals surface area contributed by atoms with E-state index in [1.54, 1.807) is 0 Å². The van der Waals surface area contributed by atoms with Gasteiger partial charge >= 0.3 is 0 Å². The van der Waals surface area contributed by atoms with Gasteiger partial charge in [0.2, 0.25) is 21.8 Å². The normalized spacial score (nSPS) is 27.7. The molecule has 9 heteroatoms. The third kappa shape index (κ3) is 5.32. The molecule has 32 heavy (non-hydrogen) atoms.